The molecule has 2 aliphatic rings. The summed E-state index contributed by atoms with van der Waals surface area (Å²) in [7, 11) is 0. The average molecular weight is 510 g/mol. The number of carbonyl (C=O) groups is 3. The van der Waals surface area contributed by atoms with E-state index in [9.17, 15) is 34.8 Å². The molecule has 5 atom stereocenters. The van der Waals surface area contributed by atoms with E-state index in [0.717, 1.165) is 12.8 Å². The van der Waals surface area contributed by atoms with Crippen LogP contribution in [0.25, 0.3) is 0 Å². The molecule has 0 saturated carbocycles. The number of cyclic esters (lactones) is 1. The number of benzene rings is 1. The van der Waals surface area contributed by atoms with Gasteiger partial charge in [0.2, 0.25) is 12.2 Å². The molecule has 0 aromatic heterocycles. The van der Waals surface area contributed by atoms with Gasteiger partial charge in [0.1, 0.15) is 47.2 Å². The van der Waals surface area contributed by atoms with Gasteiger partial charge in [-0.15, -0.1) is 0 Å². The fraction of sp³-hybridized carbons (Fsp3) is 0.640. The first-order valence-electron chi connectivity index (χ1n) is 12.3. The Labute approximate surface area is 209 Å². The van der Waals surface area contributed by atoms with Crippen molar-refractivity contribution in [1.82, 2.24) is 5.32 Å². The molecule has 2 aliphatic heterocycles. The highest BCUT2D eigenvalue weighted by Gasteiger charge is 2.46. The molecule has 1 aromatic carbocycles. The lowest BCUT2D eigenvalue weighted by molar-refractivity contribution is -0.244. The monoisotopic (exact) mass is 509 g/mol. The van der Waals surface area contributed by atoms with Crippen LogP contribution in [-0.4, -0.2) is 81.9 Å². The molecule has 1 amide bonds. The topological polar surface area (TPSA) is 172 Å². The predicted molar refractivity (Wildman–Crippen MR) is 125 cm³/mol. The van der Waals surface area contributed by atoms with E-state index in [4.69, 9.17) is 14.2 Å². The summed E-state index contributed by atoms with van der Waals surface area (Å²) in [5.41, 5.74) is 0.506. The van der Waals surface area contributed by atoms with Crippen LogP contribution in [0.2, 0.25) is 0 Å². The van der Waals surface area contributed by atoms with Crippen molar-refractivity contribution in [3.8, 4) is 11.5 Å². The minimum absolute atomic E-state index is 0.0298. The molecule has 1 fully saturated rings. The fourth-order valence-electron chi connectivity index (χ4n) is 4.46. The van der Waals surface area contributed by atoms with Crippen LogP contribution in [0.1, 0.15) is 67.8 Å². The first-order valence-corrected chi connectivity index (χ1v) is 12.3. The van der Waals surface area contributed by atoms with E-state index in [1.54, 1.807) is 6.07 Å². The van der Waals surface area contributed by atoms with Gasteiger partial charge in [-0.1, -0.05) is 6.42 Å². The number of esters is 1. The normalized spacial score (nSPS) is 28.4. The van der Waals surface area contributed by atoms with Crippen molar-refractivity contribution in [2.24, 2.45) is 0 Å². The van der Waals surface area contributed by atoms with Crippen molar-refractivity contribution >= 4 is 17.7 Å². The SMILES string of the molecule is CC(=O)NC1C(Oc2cc(O)c3c(c2)CCCCCC(=O)CCCCOC3=O)OC(CO)C(O)C1O. The van der Waals surface area contributed by atoms with Crippen LogP contribution >= 0.6 is 0 Å². The number of ketones is 1. The quantitative estimate of drug-likeness (QED) is 0.364. The van der Waals surface area contributed by atoms with Gasteiger partial charge in [-0.05, 0) is 43.7 Å². The number of nitrogens with one attached hydrogen (secondary N) is 1. The van der Waals surface area contributed by atoms with E-state index in [0.29, 0.717) is 44.1 Å². The molecule has 5 unspecified atom stereocenters. The standard InChI is InChI=1S/C25H35NO10/c1-14(28)26-21-23(32)22(31)19(13-27)36-25(21)35-17-11-15-7-3-2-4-8-16(29)9-5-6-10-34-24(33)20(15)18(30)12-17/h11-12,19,21-23,25,27,30-32H,2-10,13H2,1H3,(H,26,28). The smallest absolute Gasteiger partial charge is 0.342 e. The number of phenolic OH excluding ortho intramolecular Hbond substituents is 1. The molecular formula is C25H35NO10. The highest BCUT2D eigenvalue weighted by Crippen LogP contribution is 2.33. The van der Waals surface area contributed by atoms with Gasteiger partial charge in [0.05, 0.1) is 13.2 Å². The van der Waals surface area contributed by atoms with Gasteiger partial charge >= 0.3 is 5.97 Å². The van der Waals surface area contributed by atoms with Crippen molar-refractivity contribution in [3.63, 3.8) is 0 Å². The summed E-state index contributed by atoms with van der Waals surface area (Å²) in [4.78, 5) is 36.3. The van der Waals surface area contributed by atoms with Crippen LogP contribution in [-0.2, 0) is 25.5 Å². The van der Waals surface area contributed by atoms with Crippen LogP contribution in [0.3, 0.4) is 0 Å². The van der Waals surface area contributed by atoms with E-state index < -0.39 is 49.1 Å². The molecule has 1 saturated heterocycles. The molecule has 11 heteroatoms. The molecule has 0 radical (unpaired) electrons. The van der Waals surface area contributed by atoms with Crippen molar-refractivity contribution < 1.29 is 49.0 Å². The van der Waals surface area contributed by atoms with Crippen LogP contribution in [0.4, 0.5) is 0 Å². The van der Waals surface area contributed by atoms with Gasteiger partial charge in [-0.2, -0.15) is 0 Å². The molecule has 0 aliphatic carbocycles. The molecule has 0 spiro atoms. The van der Waals surface area contributed by atoms with Gasteiger partial charge in [-0.3, -0.25) is 9.59 Å². The Kier molecular flexibility index (Phi) is 10.1. The van der Waals surface area contributed by atoms with Crippen molar-refractivity contribution in [2.45, 2.75) is 88.9 Å². The molecule has 36 heavy (non-hydrogen) atoms. The highest BCUT2D eigenvalue weighted by atomic mass is 16.7. The second-order valence-corrected chi connectivity index (χ2v) is 9.22. The molecule has 200 valence electrons. The Morgan fingerprint density at radius 1 is 1.06 bits per heavy atom. The number of rotatable bonds is 4. The number of aliphatic hydroxyl groups excluding tert-OH is 3. The van der Waals surface area contributed by atoms with E-state index in [1.807, 2.05) is 0 Å². The Balaban J connectivity index is 1.86. The largest absolute Gasteiger partial charge is 0.507 e. The summed E-state index contributed by atoms with van der Waals surface area (Å²) in [5.74, 6) is -1.25. The number of amides is 1. The third kappa shape index (κ3) is 7.16. The third-order valence-corrected chi connectivity index (χ3v) is 6.36. The van der Waals surface area contributed by atoms with Crippen molar-refractivity contribution in [3.05, 3.63) is 23.3 Å². The maximum absolute atomic E-state index is 12.7. The number of phenols is 1. The zero-order valence-corrected chi connectivity index (χ0v) is 20.4. The number of hydrogen-bond acceptors (Lipinski definition) is 10. The van der Waals surface area contributed by atoms with E-state index in [-0.39, 0.29) is 29.5 Å². The Bertz CT molecular complexity index is 936. The number of carbonyl (C=O) groups excluding carboxylic acids is 3. The summed E-state index contributed by atoms with van der Waals surface area (Å²) in [5, 5.41) is 43.4. The summed E-state index contributed by atoms with van der Waals surface area (Å²) >= 11 is 0. The van der Waals surface area contributed by atoms with Crippen LogP contribution < -0.4 is 10.1 Å². The molecule has 11 nitrogen and oxygen atoms in total. The van der Waals surface area contributed by atoms with Crippen molar-refractivity contribution in [2.75, 3.05) is 13.2 Å². The van der Waals surface area contributed by atoms with E-state index in [2.05, 4.69) is 5.32 Å². The number of hydrogen-bond donors (Lipinski definition) is 5. The van der Waals surface area contributed by atoms with Crippen LogP contribution in [0.5, 0.6) is 11.5 Å². The van der Waals surface area contributed by atoms with Gasteiger partial charge in [0.25, 0.3) is 0 Å². The summed E-state index contributed by atoms with van der Waals surface area (Å²) in [6.45, 7) is 0.750. The Morgan fingerprint density at radius 2 is 1.75 bits per heavy atom. The van der Waals surface area contributed by atoms with Gasteiger partial charge in [-0.25, -0.2) is 4.79 Å². The van der Waals surface area contributed by atoms with Gasteiger partial charge < -0.3 is 40.0 Å². The Hall–Kier alpha value is -2.73. The second-order valence-electron chi connectivity index (χ2n) is 9.22. The van der Waals surface area contributed by atoms with Gasteiger partial charge in [0.15, 0.2) is 0 Å². The molecule has 3 rings (SSSR count). The number of aromatic hydroxyl groups is 1. The predicted octanol–water partition coefficient (Wildman–Crippen LogP) is 0.727. The first kappa shape index (κ1) is 27.9. The lowest BCUT2D eigenvalue weighted by atomic mass is 9.96. The van der Waals surface area contributed by atoms with E-state index >= 15 is 0 Å². The molecule has 0 bridgehead atoms. The highest BCUT2D eigenvalue weighted by molar-refractivity contribution is 5.94. The minimum atomic E-state index is -1.49. The number of fused-ring (bicyclic) bond motifs is 1. The number of Topliss-reactive ketones (excluding diaryl/α,β-unsaturated/α-hetero) is 1. The van der Waals surface area contributed by atoms with Crippen LogP contribution in [0.15, 0.2) is 12.1 Å². The maximum Gasteiger partial charge on any atom is 0.342 e. The first-order chi connectivity index (χ1) is 17.2. The zero-order valence-electron chi connectivity index (χ0n) is 20.4. The number of aryl methyl sites for hydroxylation is 1. The minimum Gasteiger partial charge on any atom is -0.507 e. The summed E-state index contributed by atoms with van der Waals surface area (Å²) in [6, 6.07) is 1.59. The zero-order chi connectivity index (χ0) is 26.2. The van der Waals surface area contributed by atoms with Gasteiger partial charge in [0, 0.05) is 25.8 Å². The lowest BCUT2D eigenvalue weighted by Gasteiger charge is -2.42. The summed E-state index contributed by atoms with van der Waals surface area (Å²) in [6.07, 6.45) is -0.744. The third-order valence-electron chi connectivity index (χ3n) is 6.36. The molecule has 5 N–H and O–H groups in total. The fourth-order valence-corrected chi connectivity index (χ4v) is 4.46. The van der Waals surface area contributed by atoms with Crippen LogP contribution in [0, 0.1) is 0 Å². The lowest BCUT2D eigenvalue weighted by Crippen LogP contribution is -2.65. The molecular weight excluding hydrogens is 474 g/mol. The summed E-state index contributed by atoms with van der Waals surface area (Å²) < 4.78 is 16.8. The maximum atomic E-state index is 12.7. The number of aliphatic hydroxyl groups is 3. The van der Waals surface area contributed by atoms with E-state index in [1.165, 1.54) is 13.0 Å². The second kappa shape index (κ2) is 13.0. The van der Waals surface area contributed by atoms with Crippen molar-refractivity contribution in [1.29, 1.82) is 0 Å². The number of ether oxygens (including phenoxy) is 3. The average Bonchev–Trinajstić information content (AvgIpc) is 2.82. The molecule has 2 heterocycles. The molecule has 1 aromatic rings. The Morgan fingerprint density at radius 3 is 2.44 bits per heavy atom.